The van der Waals surface area contributed by atoms with Gasteiger partial charge in [-0.2, -0.15) is 0 Å². The van der Waals surface area contributed by atoms with Crippen LogP contribution in [0, 0.1) is 0 Å². The summed E-state index contributed by atoms with van der Waals surface area (Å²) in [7, 11) is 3.26. The normalized spacial score (nSPS) is 11.5. The molecule has 2 rings (SSSR count). The Labute approximate surface area is 153 Å². The van der Waals surface area contributed by atoms with Gasteiger partial charge >= 0.3 is 0 Å². The van der Waals surface area contributed by atoms with Crippen molar-refractivity contribution in [1.82, 2.24) is 15.2 Å². The third-order valence-electron chi connectivity index (χ3n) is 4.34. The van der Waals surface area contributed by atoms with Gasteiger partial charge in [0.1, 0.15) is 0 Å². The largest absolute Gasteiger partial charge is 0.359 e. The molecule has 1 aromatic carbocycles. The van der Waals surface area contributed by atoms with Gasteiger partial charge in [0.2, 0.25) is 5.91 Å². The first-order valence-corrected chi connectivity index (χ1v) is 8.38. The molecule has 2 amide bonds. The SMILES string of the molecule is CNC(=O)CC(C)N(C)C(=O)c1ccc(-c2ccc(C(C)=O)cn2)cc1. The van der Waals surface area contributed by atoms with E-state index in [-0.39, 0.29) is 30.1 Å². The topological polar surface area (TPSA) is 79.4 Å². The standard InChI is InChI=1S/C20H23N3O3/c1-13(11-19(25)21-3)23(4)20(26)16-7-5-15(6-8-16)18-10-9-17(12-22-18)14(2)24/h5-10,12-13H,11H2,1-4H3,(H,21,25). The van der Waals surface area contributed by atoms with E-state index in [2.05, 4.69) is 10.3 Å². The number of hydrogen-bond donors (Lipinski definition) is 1. The predicted molar refractivity (Wildman–Crippen MR) is 99.9 cm³/mol. The molecule has 1 aromatic heterocycles. The van der Waals surface area contributed by atoms with Crippen LogP contribution in [-0.4, -0.2) is 47.6 Å². The molecule has 26 heavy (non-hydrogen) atoms. The molecule has 0 aliphatic rings. The number of pyridine rings is 1. The number of nitrogens with zero attached hydrogens (tertiary/aromatic N) is 2. The molecule has 0 spiro atoms. The van der Waals surface area contributed by atoms with Crippen molar-refractivity contribution in [3.63, 3.8) is 0 Å². The highest BCUT2D eigenvalue weighted by Crippen LogP contribution is 2.19. The number of carbonyl (C=O) groups excluding carboxylic acids is 3. The average molecular weight is 353 g/mol. The van der Waals surface area contributed by atoms with Gasteiger partial charge in [-0.1, -0.05) is 12.1 Å². The Bertz CT molecular complexity index is 798. The Morgan fingerprint density at radius 3 is 2.19 bits per heavy atom. The molecule has 0 radical (unpaired) electrons. The molecule has 136 valence electrons. The van der Waals surface area contributed by atoms with Gasteiger partial charge in [-0.15, -0.1) is 0 Å². The summed E-state index contributed by atoms with van der Waals surface area (Å²) < 4.78 is 0. The maximum Gasteiger partial charge on any atom is 0.253 e. The van der Waals surface area contributed by atoms with Crippen molar-refractivity contribution in [2.75, 3.05) is 14.1 Å². The summed E-state index contributed by atoms with van der Waals surface area (Å²) in [6.07, 6.45) is 1.80. The Hall–Kier alpha value is -3.02. The van der Waals surface area contributed by atoms with Crippen molar-refractivity contribution >= 4 is 17.6 Å². The maximum atomic E-state index is 12.6. The van der Waals surface area contributed by atoms with Crippen LogP contribution in [0.3, 0.4) is 0 Å². The number of hydrogen-bond acceptors (Lipinski definition) is 4. The summed E-state index contributed by atoms with van der Waals surface area (Å²) >= 11 is 0. The van der Waals surface area contributed by atoms with Gasteiger partial charge in [-0.25, -0.2) is 0 Å². The zero-order valence-corrected chi connectivity index (χ0v) is 15.4. The molecule has 6 nitrogen and oxygen atoms in total. The summed E-state index contributed by atoms with van der Waals surface area (Å²) in [5, 5.41) is 2.56. The second kappa shape index (κ2) is 8.38. The number of ketones is 1. The molecule has 0 bridgehead atoms. The van der Waals surface area contributed by atoms with Crippen molar-refractivity contribution in [2.24, 2.45) is 0 Å². The molecule has 6 heteroatoms. The lowest BCUT2D eigenvalue weighted by atomic mass is 10.1. The van der Waals surface area contributed by atoms with Crippen LogP contribution in [0.4, 0.5) is 0 Å². The smallest absolute Gasteiger partial charge is 0.253 e. The molecule has 0 aliphatic carbocycles. The third kappa shape index (κ3) is 4.53. The minimum absolute atomic E-state index is 0.0288. The van der Waals surface area contributed by atoms with Crippen LogP contribution in [0.2, 0.25) is 0 Å². The molecular weight excluding hydrogens is 330 g/mol. The van der Waals surface area contributed by atoms with Gasteiger partial charge in [-0.3, -0.25) is 19.4 Å². The van der Waals surface area contributed by atoms with Crippen molar-refractivity contribution < 1.29 is 14.4 Å². The van der Waals surface area contributed by atoms with E-state index in [1.807, 2.05) is 19.1 Å². The first-order valence-electron chi connectivity index (χ1n) is 8.38. The number of Topliss-reactive ketones (excluding diaryl/α,β-unsaturated/α-hetero) is 1. The lowest BCUT2D eigenvalue weighted by Gasteiger charge is -2.24. The van der Waals surface area contributed by atoms with Crippen LogP contribution in [0.5, 0.6) is 0 Å². The molecule has 2 aromatic rings. The Morgan fingerprint density at radius 1 is 1.08 bits per heavy atom. The fourth-order valence-electron chi connectivity index (χ4n) is 2.47. The summed E-state index contributed by atoms with van der Waals surface area (Å²) in [5.74, 6) is -0.278. The second-order valence-corrected chi connectivity index (χ2v) is 6.21. The summed E-state index contributed by atoms with van der Waals surface area (Å²) in [4.78, 5) is 41.2. The quantitative estimate of drug-likeness (QED) is 0.810. The van der Waals surface area contributed by atoms with E-state index in [9.17, 15) is 14.4 Å². The maximum absolute atomic E-state index is 12.6. The minimum Gasteiger partial charge on any atom is -0.359 e. The molecule has 0 saturated heterocycles. The van der Waals surface area contributed by atoms with Crippen molar-refractivity contribution in [3.8, 4) is 11.3 Å². The molecule has 1 heterocycles. The number of amides is 2. The molecule has 1 N–H and O–H groups in total. The van der Waals surface area contributed by atoms with E-state index in [1.54, 1.807) is 49.5 Å². The van der Waals surface area contributed by atoms with Crippen LogP contribution in [0.15, 0.2) is 42.6 Å². The first-order chi connectivity index (χ1) is 12.3. The number of benzene rings is 1. The molecular formula is C20H23N3O3. The van der Waals surface area contributed by atoms with E-state index in [0.29, 0.717) is 11.1 Å². The summed E-state index contributed by atoms with van der Waals surface area (Å²) in [5.41, 5.74) is 2.70. The van der Waals surface area contributed by atoms with Gasteiger partial charge in [-0.05, 0) is 38.1 Å². The van der Waals surface area contributed by atoms with Crippen LogP contribution < -0.4 is 5.32 Å². The highest BCUT2D eigenvalue weighted by Gasteiger charge is 2.19. The van der Waals surface area contributed by atoms with Crippen molar-refractivity contribution in [2.45, 2.75) is 26.3 Å². The summed E-state index contributed by atoms with van der Waals surface area (Å²) in [6, 6.07) is 10.4. The minimum atomic E-state index is -0.206. The van der Waals surface area contributed by atoms with Crippen LogP contribution in [0.25, 0.3) is 11.3 Å². The van der Waals surface area contributed by atoms with Gasteiger partial charge in [0, 0.05) is 49.4 Å². The van der Waals surface area contributed by atoms with E-state index >= 15 is 0 Å². The number of nitrogens with one attached hydrogen (secondary N) is 1. The fraction of sp³-hybridized carbons (Fsp3) is 0.300. The lowest BCUT2D eigenvalue weighted by Crippen LogP contribution is -2.38. The Morgan fingerprint density at radius 2 is 1.69 bits per heavy atom. The second-order valence-electron chi connectivity index (χ2n) is 6.21. The number of carbonyl (C=O) groups is 3. The zero-order chi connectivity index (χ0) is 19.3. The van der Waals surface area contributed by atoms with Crippen molar-refractivity contribution in [3.05, 3.63) is 53.7 Å². The molecule has 1 atom stereocenters. The van der Waals surface area contributed by atoms with Gasteiger partial charge in [0.25, 0.3) is 5.91 Å². The Kier molecular flexibility index (Phi) is 6.22. The van der Waals surface area contributed by atoms with Gasteiger partial charge < -0.3 is 10.2 Å². The number of aromatic nitrogens is 1. The third-order valence-corrected chi connectivity index (χ3v) is 4.34. The van der Waals surface area contributed by atoms with Crippen molar-refractivity contribution in [1.29, 1.82) is 0 Å². The molecule has 0 aliphatic heterocycles. The Balaban J connectivity index is 2.11. The molecule has 1 unspecified atom stereocenters. The highest BCUT2D eigenvalue weighted by atomic mass is 16.2. The monoisotopic (exact) mass is 353 g/mol. The predicted octanol–water partition coefficient (Wildman–Crippen LogP) is 2.55. The summed E-state index contributed by atoms with van der Waals surface area (Å²) in [6.45, 7) is 3.33. The average Bonchev–Trinajstić information content (AvgIpc) is 2.66. The van der Waals surface area contributed by atoms with E-state index in [4.69, 9.17) is 0 Å². The van der Waals surface area contributed by atoms with Gasteiger partial charge in [0.05, 0.1) is 5.69 Å². The van der Waals surface area contributed by atoms with E-state index in [1.165, 1.54) is 6.92 Å². The molecule has 0 fully saturated rings. The van der Waals surface area contributed by atoms with E-state index < -0.39 is 0 Å². The van der Waals surface area contributed by atoms with Crippen LogP contribution in [0.1, 0.15) is 41.0 Å². The number of rotatable bonds is 6. The van der Waals surface area contributed by atoms with Crippen LogP contribution in [-0.2, 0) is 4.79 Å². The highest BCUT2D eigenvalue weighted by molar-refractivity contribution is 5.95. The lowest BCUT2D eigenvalue weighted by molar-refractivity contribution is -0.121. The fourth-order valence-corrected chi connectivity index (χ4v) is 2.47. The van der Waals surface area contributed by atoms with E-state index in [0.717, 1.165) is 11.3 Å². The molecule has 0 saturated carbocycles. The zero-order valence-electron chi connectivity index (χ0n) is 15.4. The first kappa shape index (κ1) is 19.3. The van der Waals surface area contributed by atoms with Gasteiger partial charge in [0.15, 0.2) is 5.78 Å². The van der Waals surface area contributed by atoms with Crippen LogP contribution >= 0.6 is 0 Å².